The van der Waals surface area contributed by atoms with Crippen molar-refractivity contribution >= 4 is 17.4 Å². The Morgan fingerprint density at radius 1 is 1.41 bits per heavy atom. The smallest absolute Gasteiger partial charge is 0.269 e. The fourth-order valence-electron chi connectivity index (χ4n) is 1.33. The van der Waals surface area contributed by atoms with Crippen molar-refractivity contribution < 1.29 is 4.92 Å². The molecule has 0 aromatic heterocycles. The standard InChI is InChI=1S/C12H18N2O2S/c1-2-11(13)9-17-8-7-10-3-5-12(6-4-10)14(15)16/h3-6,11H,2,7-9,13H2,1H3. The van der Waals surface area contributed by atoms with Gasteiger partial charge in [-0.2, -0.15) is 11.8 Å². The molecule has 0 saturated carbocycles. The van der Waals surface area contributed by atoms with Crippen LogP contribution in [0.2, 0.25) is 0 Å². The highest BCUT2D eigenvalue weighted by molar-refractivity contribution is 7.99. The van der Waals surface area contributed by atoms with Crippen LogP contribution < -0.4 is 5.73 Å². The summed E-state index contributed by atoms with van der Waals surface area (Å²) in [6.07, 6.45) is 1.93. The molecule has 1 aromatic carbocycles. The Balaban J connectivity index is 2.30. The van der Waals surface area contributed by atoms with Crippen molar-refractivity contribution in [1.29, 1.82) is 0 Å². The third kappa shape index (κ3) is 5.19. The van der Waals surface area contributed by atoms with E-state index < -0.39 is 0 Å². The van der Waals surface area contributed by atoms with E-state index >= 15 is 0 Å². The lowest BCUT2D eigenvalue weighted by Gasteiger charge is -2.07. The van der Waals surface area contributed by atoms with Crippen LogP contribution in [0, 0.1) is 10.1 Å². The molecule has 0 aliphatic carbocycles. The second kappa shape index (κ2) is 7.29. The summed E-state index contributed by atoms with van der Waals surface area (Å²) in [5, 5.41) is 10.5. The van der Waals surface area contributed by atoms with Gasteiger partial charge in [-0.1, -0.05) is 19.1 Å². The first-order valence-corrected chi connectivity index (χ1v) is 6.85. The Labute approximate surface area is 106 Å². The Hall–Kier alpha value is -1.07. The van der Waals surface area contributed by atoms with Crippen molar-refractivity contribution in [2.75, 3.05) is 11.5 Å². The summed E-state index contributed by atoms with van der Waals surface area (Å²) in [5.41, 5.74) is 7.09. The number of hydrogen-bond acceptors (Lipinski definition) is 4. The van der Waals surface area contributed by atoms with Gasteiger partial charge in [0.15, 0.2) is 0 Å². The van der Waals surface area contributed by atoms with Crippen LogP contribution in [0.3, 0.4) is 0 Å². The number of rotatable bonds is 7. The molecule has 0 radical (unpaired) electrons. The number of non-ortho nitro benzene ring substituents is 1. The predicted octanol–water partition coefficient (Wildman–Crippen LogP) is 2.61. The number of nitro benzene ring substituents is 1. The van der Waals surface area contributed by atoms with Gasteiger partial charge in [0.1, 0.15) is 0 Å². The molecule has 0 saturated heterocycles. The van der Waals surface area contributed by atoms with Crippen LogP contribution in [-0.4, -0.2) is 22.5 Å². The van der Waals surface area contributed by atoms with E-state index in [1.807, 2.05) is 23.9 Å². The van der Waals surface area contributed by atoms with Crippen LogP contribution in [0.15, 0.2) is 24.3 Å². The first kappa shape index (κ1) is 14.0. The van der Waals surface area contributed by atoms with Crippen molar-refractivity contribution in [3.8, 4) is 0 Å². The van der Waals surface area contributed by atoms with Crippen molar-refractivity contribution in [2.24, 2.45) is 5.73 Å². The van der Waals surface area contributed by atoms with Crippen molar-refractivity contribution in [3.05, 3.63) is 39.9 Å². The summed E-state index contributed by atoms with van der Waals surface area (Å²) in [5.74, 6) is 1.98. The zero-order chi connectivity index (χ0) is 12.7. The second-order valence-corrected chi connectivity index (χ2v) is 5.07. The van der Waals surface area contributed by atoms with E-state index in [-0.39, 0.29) is 16.7 Å². The first-order valence-electron chi connectivity index (χ1n) is 5.70. The van der Waals surface area contributed by atoms with Crippen molar-refractivity contribution in [1.82, 2.24) is 0 Å². The monoisotopic (exact) mass is 254 g/mol. The fraction of sp³-hybridized carbons (Fsp3) is 0.500. The van der Waals surface area contributed by atoms with Gasteiger partial charge in [-0.25, -0.2) is 0 Å². The molecule has 0 aliphatic heterocycles. The molecular formula is C12H18N2O2S. The van der Waals surface area contributed by atoms with E-state index in [0.29, 0.717) is 0 Å². The molecule has 0 spiro atoms. The molecule has 0 aliphatic rings. The van der Waals surface area contributed by atoms with E-state index in [1.165, 1.54) is 0 Å². The molecule has 5 heteroatoms. The average Bonchev–Trinajstić information content (AvgIpc) is 2.34. The third-order valence-electron chi connectivity index (χ3n) is 2.54. The molecule has 0 bridgehead atoms. The van der Waals surface area contributed by atoms with E-state index in [1.54, 1.807) is 12.1 Å². The lowest BCUT2D eigenvalue weighted by molar-refractivity contribution is -0.384. The molecule has 1 atom stereocenters. The van der Waals surface area contributed by atoms with Crippen LogP contribution in [0.1, 0.15) is 18.9 Å². The first-order chi connectivity index (χ1) is 8.13. The van der Waals surface area contributed by atoms with Crippen LogP contribution >= 0.6 is 11.8 Å². The van der Waals surface area contributed by atoms with Gasteiger partial charge >= 0.3 is 0 Å². The Kier molecular flexibility index (Phi) is 6.00. The van der Waals surface area contributed by atoms with Gasteiger partial charge in [-0.05, 0) is 24.2 Å². The lowest BCUT2D eigenvalue weighted by atomic mass is 10.1. The van der Waals surface area contributed by atoms with Gasteiger partial charge in [0.25, 0.3) is 5.69 Å². The highest BCUT2D eigenvalue weighted by Crippen LogP contribution is 2.14. The molecule has 4 nitrogen and oxygen atoms in total. The quantitative estimate of drug-likeness (QED) is 0.461. The summed E-state index contributed by atoms with van der Waals surface area (Å²) in [6, 6.07) is 7.02. The topological polar surface area (TPSA) is 69.2 Å². The van der Waals surface area contributed by atoms with Gasteiger partial charge in [0.2, 0.25) is 0 Å². The minimum atomic E-state index is -0.376. The maximum Gasteiger partial charge on any atom is 0.269 e. The highest BCUT2D eigenvalue weighted by Gasteiger charge is 2.04. The van der Waals surface area contributed by atoms with Crippen molar-refractivity contribution in [3.63, 3.8) is 0 Å². The fourth-order valence-corrected chi connectivity index (χ4v) is 2.41. The largest absolute Gasteiger partial charge is 0.327 e. The van der Waals surface area contributed by atoms with Gasteiger partial charge in [0, 0.05) is 23.9 Å². The van der Waals surface area contributed by atoms with Crippen LogP contribution in [-0.2, 0) is 6.42 Å². The minimum Gasteiger partial charge on any atom is -0.327 e. The molecule has 1 aromatic rings. The lowest BCUT2D eigenvalue weighted by Crippen LogP contribution is -2.21. The molecule has 0 heterocycles. The number of benzene rings is 1. The number of aryl methyl sites for hydroxylation is 1. The Bertz CT molecular complexity index is 354. The highest BCUT2D eigenvalue weighted by atomic mass is 32.2. The Morgan fingerprint density at radius 3 is 2.59 bits per heavy atom. The summed E-state index contributed by atoms with van der Waals surface area (Å²) < 4.78 is 0. The van der Waals surface area contributed by atoms with Crippen LogP contribution in [0.4, 0.5) is 5.69 Å². The maximum atomic E-state index is 10.5. The predicted molar refractivity (Wildman–Crippen MR) is 72.4 cm³/mol. The van der Waals surface area contributed by atoms with Gasteiger partial charge < -0.3 is 5.73 Å². The maximum absolute atomic E-state index is 10.5. The van der Waals surface area contributed by atoms with Gasteiger partial charge in [-0.15, -0.1) is 0 Å². The summed E-state index contributed by atoms with van der Waals surface area (Å²) >= 11 is 1.83. The van der Waals surface area contributed by atoms with E-state index in [9.17, 15) is 10.1 Å². The number of nitrogens with zero attached hydrogens (tertiary/aromatic N) is 1. The second-order valence-electron chi connectivity index (χ2n) is 3.92. The van der Waals surface area contributed by atoms with E-state index in [2.05, 4.69) is 6.92 Å². The molecule has 0 amide bonds. The number of hydrogen-bond donors (Lipinski definition) is 1. The third-order valence-corrected chi connectivity index (χ3v) is 3.70. The molecule has 94 valence electrons. The zero-order valence-electron chi connectivity index (χ0n) is 9.96. The molecule has 0 fully saturated rings. The average molecular weight is 254 g/mol. The molecule has 2 N–H and O–H groups in total. The number of nitro groups is 1. The van der Waals surface area contributed by atoms with Crippen molar-refractivity contribution in [2.45, 2.75) is 25.8 Å². The Morgan fingerprint density at radius 2 is 2.06 bits per heavy atom. The van der Waals surface area contributed by atoms with Gasteiger partial charge in [0.05, 0.1) is 4.92 Å². The van der Waals surface area contributed by atoms with E-state index in [4.69, 9.17) is 5.73 Å². The normalized spacial score (nSPS) is 12.4. The number of nitrogens with two attached hydrogens (primary N) is 1. The van der Waals surface area contributed by atoms with Crippen LogP contribution in [0.5, 0.6) is 0 Å². The van der Waals surface area contributed by atoms with Crippen LogP contribution in [0.25, 0.3) is 0 Å². The summed E-state index contributed by atoms with van der Waals surface area (Å²) in [7, 11) is 0. The molecule has 1 rings (SSSR count). The molecule has 17 heavy (non-hydrogen) atoms. The SMILES string of the molecule is CCC(N)CSCCc1ccc([N+](=O)[O-])cc1. The molecule has 1 unspecified atom stereocenters. The summed E-state index contributed by atoms with van der Waals surface area (Å²) in [4.78, 5) is 10.1. The number of thioether (sulfide) groups is 1. The van der Waals surface area contributed by atoms with Gasteiger partial charge in [-0.3, -0.25) is 10.1 Å². The minimum absolute atomic E-state index is 0.148. The van der Waals surface area contributed by atoms with E-state index in [0.717, 1.165) is 29.9 Å². The summed E-state index contributed by atoms with van der Waals surface area (Å²) in [6.45, 7) is 2.08. The molecular weight excluding hydrogens is 236 g/mol. The zero-order valence-corrected chi connectivity index (χ0v) is 10.8.